The fourth-order valence-corrected chi connectivity index (χ4v) is 8.25. The van der Waals surface area contributed by atoms with Gasteiger partial charge in [0.1, 0.15) is 27.3 Å². The average molecular weight is 699 g/mol. The summed E-state index contributed by atoms with van der Waals surface area (Å²) in [4.78, 5) is 20.4. The van der Waals surface area contributed by atoms with Crippen molar-refractivity contribution in [3.8, 4) is 55.9 Å². The van der Waals surface area contributed by atoms with Crippen LogP contribution in [0.2, 0.25) is 0 Å². The van der Waals surface area contributed by atoms with Gasteiger partial charge in [0.15, 0.2) is 17.5 Å². The molecule has 0 aliphatic heterocycles. The van der Waals surface area contributed by atoms with Gasteiger partial charge in [0.25, 0.3) is 0 Å². The molecule has 0 N–H and O–H groups in total. The lowest BCUT2D eigenvalue weighted by molar-refractivity contribution is 0.669. The fourth-order valence-electron chi connectivity index (χ4n) is 7.28. The number of hydrogen-bond acceptors (Lipinski definition) is 7. The maximum Gasteiger partial charge on any atom is 0.167 e. The number of furan rings is 2. The third kappa shape index (κ3) is 4.86. The number of rotatable bonds is 5. The van der Waals surface area contributed by atoms with Crippen molar-refractivity contribution in [2.45, 2.75) is 0 Å². The lowest BCUT2D eigenvalue weighted by Gasteiger charge is -2.09. The second-order valence-electron chi connectivity index (χ2n) is 13.0. The van der Waals surface area contributed by atoms with Crippen LogP contribution in [0.25, 0.3) is 110 Å². The third-order valence-corrected chi connectivity index (χ3v) is 10.9. The van der Waals surface area contributed by atoms with Gasteiger partial charge in [-0.15, -0.1) is 11.3 Å². The Morgan fingerprint density at radius 2 is 0.962 bits per heavy atom. The van der Waals surface area contributed by atoms with Gasteiger partial charge >= 0.3 is 0 Å². The van der Waals surface area contributed by atoms with Crippen molar-refractivity contribution < 1.29 is 8.83 Å². The average Bonchev–Trinajstić information content (AvgIpc) is 3.94. The normalized spacial score (nSPS) is 11.8. The van der Waals surface area contributed by atoms with E-state index < -0.39 is 0 Å². The van der Waals surface area contributed by atoms with Crippen LogP contribution in [0, 0.1) is 0 Å². The van der Waals surface area contributed by atoms with Crippen LogP contribution >= 0.6 is 11.3 Å². The predicted octanol–water partition coefficient (Wildman–Crippen LogP) is 12.6. The highest BCUT2D eigenvalue weighted by atomic mass is 32.1. The van der Waals surface area contributed by atoms with Gasteiger partial charge in [-0.25, -0.2) is 19.9 Å². The maximum absolute atomic E-state index is 6.96. The van der Waals surface area contributed by atoms with Gasteiger partial charge in [-0.05, 0) is 53.6 Å². The van der Waals surface area contributed by atoms with Crippen molar-refractivity contribution >= 4 is 65.4 Å². The Kier molecular flexibility index (Phi) is 6.62. The predicted molar refractivity (Wildman–Crippen MR) is 215 cm³/mol. The Morgan fingerprint density at radius 3 is 1.72 bits per heavy atom. The molecular weight excluding hydrogens is 673 g/mol. The van der Waals surface area contributed by atoms with Crippen molar-refractivity contribution in [2.75, 3.05) is 0 Å². The minimum Gasteiger partial charge on any atom is -0.455 e. The summed E-state index contributed by atoms with van der Waals surface area (Å²) in [5, 5.41) is 4.94. The Labute approximate surface area is 306 Å². The first-order valence-corrected chi connectivity index (χ1v) is 18.2. The van der Waals surface area contributed by atoms with Crippen LogP contribution in [0.3, 0.4) is 0 Å². The molecule has 248 valence electrons. The molecule has 7 aromatic carbocycles. The molecule has 0 radical (unpaired) electrons. The molecule has 0 amide bonds. The van der Waals surface area contributed by atoms with Crippen molar-refractivity contribution in [1.82, 2.24) is 19.9 Å². The number of para-hydroxylation sites is 4. The minimum atomic E-state index is 0.511. The van der Waals surface area contributed by atoms with Crippen LogP contribution in [-0.4, -0.2) is 19.9 Å². The van der Waals surface area contributed by atoms with Crippen molar-refractivity contribution in [2.24, 2.45) is 0 Å². The smallest absolute Gasteiger partial charge is 0.167 e. The molecule has 4 aromatic heterocycles. The second-order valence-corrected chi connectivity index (χ2v) is 14.0. The Bertz CT molecular complexity index is 3150. The first-order chi connectivity index (χ1) is 26.2. The topological polar surface area (TPSA) is 77.8 Å². The summed E-state index contributed by atoms with van der Waals surface area (Å²) in [7, 11) is 0. The summed E-state index contributed by atoms with van der Waals surface area (Å²) in [5.41, 5.74) is 9.61. The number of hydrogen-bond donors (Lipinski definition) is 0. The zero-order valence-corrected chi connectivity index (χ0v) is 28.8. The van der Waals surface area contributed by atoms with E-state index in [9.17, 15) is 0 Å². The number of fused-ring (bicyclic) bond motifs is 7. The van der Waals surface area contributed by atoms with E-state index >= 15 is 0 Å². The van der Waals surface area contributed by atoms with E-state index in [1.54, 1.807) is 11.3 Å². The largest absolute Gasteiger partial charge is 0.455 e. The molecule has 0 bridgehead atoms. The fraction of sp³-hybridized carbons (Fsp3) is 0. The Morgan fingerprint density at radius 1 is 0.377 bits per heavy atom. The van der Waals surface area contributed by atoms with Crippen LogP contribution in [0.1, 0.15) is 0 Å². The molecule has 4 heterocycles. The van der Waals surface area contributed by atoms with Crippen LogP contribution in [0.15, 0.2) is 167 Å². The van der Waals surface area contributed by atoms with Gasteiger partial charge in [0.05, 0.1) is 26.9 Å². The van der Waals surface area contributed by atoms with Gasteiger partial charge in [0.2, 0.25) is 0 Å². The van der Waals surface area contributed by atoms with E-state index in [4.69, 9.17) is 28.8 Å². The Hall–Kier alpha value is -6.96. The molecule has 0 aliphatic rings. The molecule has 53 heavy (non-hydrogen) atoms. The number of aromatic nitrogens is 4. The number of thiazole rings is 1. The van der Waals surface area contributed by atoms with E-state index in [1.165, 1.54) is 0 Å². The van der Waals surface area contributed by atoms with E-state index in [0.29, 0.717) is 23.1 Å². The van der Waals surface area contributed by atoms with Gasteiger partial charge in [-0.1, -0.05) is 115 Å². The summed E-state index contributed by atoms with van der Waals surface area (Å²) >= 11 is 1.67. The van der Waals surface area contributed by atoms with Gasteiger partial charge in [0, 0.05) is 27.1 Å². The van der Waals surface area contributed by atoms with E-state index in [2.05, 4.69) is 72.8 Å². The number of nitrogens with zero attached hydrogens (tertiary/aromatic N) is 4. The first kappa shape index (κ1) is 29.7. The highest BCUT2D eigenvalue weighted by molar-refractivity contribution is 7.21. The van der Waals surface area contributed by atoms with E-state index in [-0.39, 0.29) is 0 Å². The first-order valence-electron chi connectivity index (χ1n) is 17.4. The molecule has 11 aromatic rings. The van der Waals surface area contributed by atoms with Crippen molar-refractivity contribution in [1.29, 1.82) is 0 Å². The minimum absolute atomic E-state index is 0.511. The number of benzene rings is 7. The van der Waals surface area contributed by atoms with Gasteiger partial charge in [-0.3, -0.25) is 0 Å². The molecular formula is C46H26N4O2S. The molecule has 0 atom stereocenters. The standard InChI is InChI=1S/C46H26N4O2S/c1-3-13-27(14-4-1)29-25-35-32-19-12-21-34(41(32)52-42(35)36(26-29)46-47-37-22-8-10-24-39(37)53-46)45-49-43(28-15-5-2-6-16-28)48-44(50-45)33-20-11-18-31-30-17-7-9-23-38(30)51-40(31)33/h1-26H. The molecule has 7 heteroatoms. The lowest BCUT2D eigenvalue weighted by Crippen LogP contribution is -2.00. The summed E-state index contributed by atoms with van der Waals surface area (Å²) in [6.45, 7) is 0. The summed E-state index contributed by atoms with van der Waals surface area (Å²) < 4.78 is 14.5. The molecule has 11 rings (SSSR count). The van der Waals surface area contributed by atoms with Crippen LogP contribution in [0.4, 0.5) is 0 Å². The van der Waals surface area contributed by atoms with Crippen molar-refractivity contribution in [3.63, 3.8) is 0 Å². The Balaban J connectivity index is 1.18. The SMILES string of the molecule is c1ccc(-c2cc(-c3nc4ccccc4s3)c3oc4c(-c5nc(-c6ccccc6)nc(-c6cccc7c6oc6ccccc67)n5)cccc4c3c2)cc1. The molecule has 0 saturated carbocycles. The molecule has 0 fully saturated rings. The van der Waals surface area contributed by atoms with Crippen LogP contribution in [-0.2, 0) is 0 Å². The van der Waals surface area contributed by atoms with E-state index in [0.717, 1.165) is 86.9 Å². The lowest BCUT2D eigenvalue weighted by atomic mass is 9.99. The zero-order valence-electron chi connectivity index (χ0n) is 28.0. The van der Waals surface area contributed by atoms with Gasteiger partial charge in [-0.2, -0.15) is 0 Å². The highest BCUT2D eigenvalue weighted by Gasteiger charge is 2.23. The summed E-state index contributed by atoms with van der Waals surface area (Å²) in [6.07, 6.45) is 0. The van der Waals surface area contributed by atoms with Crippen LogP contribution in [0.5, 0.6) is 0 Å². The highest BCUT2D eigenvalue weighted by Crippen LogP contribution is 2.44. The van der Waals surface area contributed by atoms with Gasteiger partial charge < -0.3 is 8.83 Å². The molecule has 6 nitrogen and oxygen atoms in total. The summed E-state index contributed by atoms with van der Waals surface area (Å²) in [5.74, 6) is 1.60. The summed E-state index contributed by atoms with van der Waals surface area (Å²) in [6, 6.07) is 53.5. The molecule has 0 spiro atoms. The zero-order chi connectivity index (χ0) is 34.9. The monoisotopic (exact) mass is 698 g/mol. The van der Waals surface area contributed by atoms with Crippen molar-refractivity contribution in [3.05, 3.63) is 158 Å². The molecule has 0 unspecified atom stereocenters. The third-order valence-electron chi connectivity index (χ3n) is 9.78. The molecule has 0 saturated heterocycles. The second kappa shape index (κ2) is 11.8. The van der Waals surface area contributed by atoms with Crippen LogP contribution < -0.4 is 0 Å². The molecule has 0 aliphatic carbocycles. The quantitative estimate of drug-likeness (QED) is 0.178. The maximum atomic E-state index is 6.96. The van der Waals surface area contributed by atoms with E-state index in [1.807, 2.05) is 84.9 Å².